The van der Waals surface area contributed by atoms with Crippen molar-refractivity contribution in [1.82, 2.24) is 0 Å². The molecule has 0 amide bonds. The number of hydrogen-bond acceptors (Lipinski definition) is 2. The third-order valence-electron chi connectivity index (χ3n) is 2.92. The van der Waals surface area contributed by atoms with Gasteiger partial charge in [0.25, 0.3) is 0 Å². The fourth-order valence-corrected chi connectivity index (χ4v) is 1.96. The number of benzene rings is 1. The summed E-state index contributed by atoms with van der Waals surface area (Å²) in [6, 6.07) is 9.92. The van der Waals surface area contributed by atoms with Gasteiger partial charge in [0, 0.05) is 0 Å². The van der Waals surface area contributed by atoms with Gasteiger partial charge in [-0.05, 0) is 24.3 Å². The van der Waals surface area contributed by atoms with E-state index in [0.29, 0.717) is 18.8 Å². The molecule has 3 heteroatoms. The largest absolute Gasteiger partial charge is 0.480 e. The first-order valence-electron chi connectivity index (χ1n) is 4.69. The maximum absolute atomic E-state index is 10.8. The maximum atomic E-state index is 10.8. The number of aliphatic carboxylic acids is 1. The number of carbonyl (C=O) groups is 1. The van der Waals surface area contributed by atoms with Crippen LogP contribution in [0.4, 0.5) is 0 Å². The molecular formula is C11H13NO2. The van der Waals surface area contributed by atoms with Crippen LogP contribution in [0.5, 0.6) is 0 Å². The van der Waals surface area contributed by atoms with Crippen molar-refractivity contribution >= 4 is 5.97 Å². The molecule has 0 atom stereocenters. The standard InChI is InChI=1S/C11H13NO2/c12-11(10(13)14)6-9(7-11)8-4-2-1-3-5-8/h1-5,9H,6-7,12H2,(H,13,14). The van der Waals surface area contributed by atoms with Gasteiger partial charge in [0.15, 0.2) is 0 Å². The lowest BCUT2D eigenvalue weighted by Crippen LogP contribution is -2.56. The second-order valence-electron chi connectivity index (χ2n) is 3.98. The molecule has 3 nitrogen and oxygen atoms in total. The summed E-state index contributed by atoms with van der Waals surface area (Å²) < 4.78 is 0. The summed E-state index contributed by atoms with van der Waals surface area (Å²) in [7, 11) is 0. The average Bonchev–Trinajstić information content (AvgIpc) is 2.14. The SMILES string of the molecule is NC1(C(=O)O)CC(c2ccccc2)C1. The minimum atomic E-state index is -0.986. The minimum Gasteiger partial charge on any atom is -0.480 e. The predicted molar refractivity (Wildman–Crippen MR) is 53.0 cm³/mol. The summed E-state index contributed by atoms with van der Waals surface area (Å²) in [5.74, 6) is -0.568. The van der Waals surface area contributed by atoms with E-state index < -0.39 is 11.5 Å². The first kappa shape index (κ1) is 9.21. The molecule has 0 unspecified atom stereocenters. The monoisotopic (exact) mass is 191 g/mol. The second kappa shape index (κ2) is 3.10. The molecule has 1 aromatic carbocycles. The Bertz CT molecular complexity index is 342. The second-order valence-corrected chi connectivity index (χ2v) is 3.98. The van der Waals surface area contributed by atoms with Crippen molar-refractivity contribution in [3.05, 3.63) is 35.9 Å². The Morgan fingerprint density at radius 1 is 1.36 bits per heavy atom. The van der Waals surface area contributed by atoms with E-state index in [1.807, 2.05) is 30.3 Å². The highest BCUT2D eigenvalue weighted by Crippen LogP contribution is 2.43. The van der Waals surface area contributed by atoms with E-state index in [0.717, 1.165) is 0 Å². The van der Waals surface area contributed by atoms with E-state index >= 15 is 0 Å². The first-order valence-corrected chi connectivity index (χ1v) is 4.69. The first-order chi connectivity index (χ1) is 6.62. The van der Waals surface area contributed by atoms with Crippen LogP contribution in [0.1, 0.15) is 24.3 Å². The zero-order chi connectivity index (χ0) is 10.2. The van der Waals surface area contributed by atoms with Crippen LogP contribution in [0.2, 0.25) is 0 Å². The molecule has 14 heavy (non-hydrogen) atoms. The van der Waals surface area contributed by atoms with Crippen LogP contribution >= 0.6 is 0 Å². The fraction of sp³-hybridized carbons (Fsp3) is 0.364. The third kappa shape index (κ3) is 1.40. The fourth-order valence-electron chi connectivity index (χ4n) is 1.96. The van der Waals surface area contributed by atoms with Crippen molar-refractivity contribution < 1.29 is 9.90 Å². The van der Waals surface area contributed by atoms with E-state index in [2.05, 4.69) is 0 Å². The minimum absolute atomic E-state index is 0.317. The van der Waals surface area contributed by atoms with Crippen molar-refractivity contribution in [3.63, 3.8) is 0 Å². The summed E-state index contributed by atoms with van der Waals surface area (Å²) >= 11 is 0. The summed E-state index contributed by atoms with van der Waals surface area (Å²) in [5.41, 5.74) is 5.88. The molecule has 0 bridgehead atoms. The van der Waals surface area contributed by atoms with Crippen molar-refractivity contribution in [2.24, 2.45) is 5.73 Å². The van der Waals surface area contributed by atoms with Crippen molar-refractivity contribution in [2.45, 2.75) is 24.3 Å². The lowest BCUT2D eigenvalue weighted by atomic mass is 9.66. The maximum Gasteiger partial charge on any atom is 0.323 e. The van der Waals surface area contributed by atoms with E-state index in [1.54, 1.807) is 0 Å². The molecule has 1 aromatic rings. The summed E-state index contributed by atoms with van der Waals surface area (Å²) in [6.45, 7) is 0. The molecule has 2 rings (SSSR count). The molecule has 0 radical (unpaired) electrons. The number of rotatable bonds is 2. The quantitative estimate of drug-likeness (QED) is 0.741. The topological polar surface area (TPSA) is 63.3 Å². The highest BCUT2D eigenvalue weighted by molar-refractivity contribution is 5.80. The summed E-state index contributed by atoms with van der Waals surface area (Å²) in [5, 5.41) is 8.83. The summed E-state index contributed by atoms with van der Waals surface area (Å²) in [4.78, 5) is 10.8. The van der Waals surface area contributed by atoms with Crippen LogP contribution in [-0.4, -0.2) is 16.6 Å². The molecule has 0 heterocycles. The molecule has 0 saturated heterocycles. The number of carboxylic acid groups (broad SMARTS) is 1. The van der Waals surface area contributed by atoms with Crippen LogP contribution in [-0.2, 0) is 4.79 Å². The van der Waals surface area contributed by atoms with Gasteiger partial charge in [-0.15, -0.1) is 0 Å². The Morgan fingerprint density at radius 3 is 2.43 bits per heavy atom. The highest BCUT2D eigenvalue weighted by Gasteiger charge is 2.47. The van der Waals surface area contributed by atoms with Crippen LogP contribution < -0.4 is 5.73 Å². The van der Waals surface area contributed by atoms with E-state index in [4.69, 9.17) is 10.8 Å². The lowest BCUT2D eigenvalue weighted by Gasteiger charge is -2.41. The number of nitrogens with two attached hydrogens (primary N) is 1. The average molecular weight is 191 g/mol. The highest BCUT2D eigenvalue weighted by atomic mass is 16.4. The molecule has 1 fully saturated rings. The van der Waals surface area contributed by atoms with Gasteiger partial charge in [0.1, 0.15) is 5.54 Å². The molecule has 1 saturated carbocycles. The van der Waals surface area contributed by atoms with Crippen LogP contribution in [0.3, 0.4) is 0 Å². The molecule has 0 spiro atoms. The third-order valence-corrected chi connectivity index (χ3v) is 2.92. The van der Waals surface area contributed by atoms with E-state index in [9.17, 15) is 4.79 Å². The van der Waals surface area contributed by atoms with Gasteiger partial charge >= 0.3 is 5.97 Å². The number of hydrogen-bond donors (Lipinski definition) is 2. The molecule has 0 aromatic heterocycles. The van der Waals surface area contributed by atoms with Gasteiger partial charge in [0.2, 0.25) is 0 Å². The van der Waals surface area contributed by atoms with Crippen molar-refractivity contribution in [1.29, 1.82) is 0 Å². The van der Waals surface area contributed by atoms with Gasteiger partial charge in [-0.2, -0.15) is 0 Å². The van der Waals surface area contributed by atoms with Gasteiger partial charge < -0.3 is 10.8 Å². The van der Waals surface area contributed by atoms with Crippen LogP contribution in [0, 0.1) is 0 Å². The summed E-state index contributed by atoms with van der Waals surface area (Å²) in [6.07, 6.45) is 1.10. The molecular weight excluding hydrogens is 178 g/mol. The Morgan fingerprint density at radius 2 is 1.93 bits per heavy atom. The normalized spacial score (nSPS) is 30.8. The van der Waals surface area contributed by atoms with Crippen LogP contribution in [0.15, 0.2) is 30.3 Å². The molecule has 1 aliphatic carbocycles. The van der Waals surface area contributed by atoms with Crippen LogP contribution in [0.25, 0.3) is 0 Å². The molecule has 74 valence electrons. The molecule has 3 N–H and O–H groups in total. The van der Waals surface area contributed by atoms with Gasteiger partial charge in [-0.25, -0.2) is 0 Å². The zero-order valence-corrected chi connectivity index (χ0v) is 7.81. The smallest absolute Gasteiger partial charge is 0.323 e. The zero-order valence-electron chi connectivity index (χ0n) is 7.81. The Hall–Kier alpha value is -1.35. The van der Waals surface area contributed by atoms with Gasteiger partial charge in [-0.1, -0.05) is 30.3 Å². The van der Waals surface area contributed by atoms with Crippen molar-refractivity contribution in [3.8, 4) is 0 Å². The Labute approximate surface area is 82.5 Å². The molecule has 1 aliphatic rings. The van der Waals surface area contributed by atoms with E-state index in [1.165, 1.54) is 5.56 Å². The number of carboxylic acids is 1. The molecule has 0 aliphatic heterocycles. The van der Waals surface area contributed by atoms with Gasteiger partial charge in [-0.3, -0.25) is 4.79 Å². The lowest BCUT2D eigenvalue weighted by molar-refractivity contribution is -0.147. The Balaban J connectivity index is 2.05. The Kier molecular flexibility index (Phi) is 2.04. The van der Waals surface area contributed by atoms with Crippen molar-refractivity contribution in [2.75, 3.05) is 0 Å². The van der Waals surface area contributed by atoms with E-state index in [-0.39, 0.29) is 0 Å². The predicted octanol–water partition coefficient (Wildman–Crippen LogP) is 1.35. The van der Waals surface area contributed by atoms with Gasteiger partial charge in [0.05, 0.1) is 0 Å².